The van der Waals surface area contributed by atoms with Crippen molar-refractivity contribution >= 4 is 39.6 Å². The number of rotatable bonds is 3. The molecule has 0 spiro atoms. The van der Waals surface area contributed by atoms with Crippen LogP contribution >= 0.6 is 22.6 Å². The minimum absolute atomic E-state index is 0.0206. The molecule has 0 saturated carbocycles. The third-order valence-corrected chi connectivity index (χ3v) is 4.37. The van der Waals surface area contributed by atoms with Gasteiger partial charge in [0, 0.05) is 9.77 Å². The molecule has 2 aromatic heterocycles. The number of hydrogen-bond acceptors (Lipinski definition) is 7. The molecule has 3 heterocycles. The number of anilines is 1. The lowest BCUT2D eigenvalue weighted by atomic mass is 10.1. The molecule has 1 fully saturated rings. The van der Waals surface area contributed by atoms with Gasteiger partial charge in [0.25, 0.3) is 0 Å². The molecule has 3 rings (SSSR count). The maximum atomic E-state index is 14.3. The van der Waals surface area contributed by atoms with Gasteiger partial charge in [0.1, 0.15) is 12.2 Å². The highest BCUT2D eigenvalue weighted by Crippen LogP contribution is 2.37. The molecule has 1 saturated heterocycles. The van der Waals surface area contributed by atoms with Gasteiger partial charge in [-0.3, -0.25) is 0 Å². The zero-order chi connectivity index (χ0) is 16.0. The molecule has 0 unspecified atom stereocenters. The van der Waals surface area contributed by atoms with Crippen LogP contribution in [0.5, 0.6) is 5.88 Å². The molecule has 8 nitrogen and oxygen atoms in total. The number of fused-ring (bicyclic) bond motifs is 1. The minimum Gasteiger partial charge on any atom is -0.480 e. The molecular weight excluding hydrogens is 410 g/mol. The molecular formula is C12H14FIN4O4. The van der Waals surface area contributed by atoms with Crippen LogP contribution in [0.3, 0.4) is 0 Å². The highest BCUT2D eigenvalue weighted by Gasteiger charge is 2.45. The van der Waals surface area contributed by atoms with Gasteiger partial charge in [0.15, 0.2) is 18.0 Å². The van der Waals surface area contributed by atoms with E-state index < -0.39 is 31.2 Å². The zero-order valence-electron chi connectivity index (χ0n) is 11.5. The van der Waals surface area contributed by atoms with E-state index in [1.165, 1.54) is 11.7 Å². The van der Waals surface area contributed by atoms with Crippen LogP contribution in [0.1, 0.15) is 6.23 Å². The summed E-state index contributed by atoms with van der Waals surface area (Å²) in [6, 6.07) is 0. The van der Waals surface area contributed by atoms with Crippen molar-refractivity contribution in [3.05, 3.63) is 9.77 Å². The number of halogens is 2. The molecule has 0 radical (unpaired) electrons. The van der Waals surface area contributed by atoms with E-state index in [0.717, 1.165) is 3.57 Å². The highest BCUT2D eigenvalue weighted by molar-refractivity contribution is 14.1. The van der Waals surface area contributed by atoms with Gasteiger partial charge in [-0.15, -0.1) is 0 Å². The van der Waals surface area contributed by atoms with Crippen molar-refractivity contribution in [2.75, 3.05) is 19.5 Å². The Morgan fingerprint density at radius 1 is 1.55 bits per heavy atom. The van der Waals surface area contributed by atoms with Crippen LogP contribution in [0, 0.1) is 3.57 Å². The van der Waals surface area contributed by atoms with Crippen molar-refractivity contribution in [1.29, 1.82) is 0 Å². The van der Waals surface area contributed by atoms with Crippen LogP contribution in [0.15, 0.2) is 6.20 Å². The van der Waals surface area contributed by atoms with Crippen molar-refractivity contribution < 1.29 is 24.1 Å². The number of nitrogens with two attached hydrogens (primary N) is 1. The Balaban J connectivity index is 2.14. The lowest BCUT2D eigenvalue weighted by Gasteiger charge is -2.16. The standard InChI is InChI=1S/C12H14FIN4O4/c1-21-10-6-4(14)2-18(9(6)16-12(15)17-10)11-7(13)8(20)5(3-19)22-11/h2,5,7-8,11,19-20H,3H2,1H3,(H2,15,16,17)/t5-,7+,8-,11-/m1/s1. The maximum absolute atomic E-state index is 14.3. The molecule has 0 aromatic carbocycles. The fourth-order valence-electron chi connectivity index (χ4n) is 2.51. The topological polar surface area (TPSA) is 116 Å². The lowest BCUT2D eigenvalue weighted by molar-refractivity contribution is -0.0457. The normalized spacial score (nSPS) is 28.4. The highest BCUT2D eigenvalue weighted by atomic mass is 127. The fourth-order valence-corrected chi connectivity index (χ4v) is 3.28. The molecule has 4 N–H and O–H groups in total. The average molecular weight is 424 g/mol. The van der Waals surface area contributed by atoms with E-state index in [2.05, 4.69) is 9.97 Å². The van der Waals surface area contributed by atoms with Crippen molar-refractivity contribution in [3.8, 4) is 5.88 Å². The second-order valence-electron chi connectivity index (χ2n) is 4.86. The fraction of sp³-hybridized carbons (Fsp3) is 0.500. The van der Waals surface area contributed by atoms with E-state index in [9.17, 15) is 9.50 Å². The zero-order valence-corrected chi connectivity index (χ0v) is 13.6. The summed E-state index contributed by atoms with van der Waals surface area (Å²) in [5.41, 5.74) is 5.99. The monoisotopic (exact) mass is 424 g/mol. The van der Waals surface area contributed by atoms with Crippen LogP contribution in [-0.2, 0) is 4.74 Å². The smallest absolute Gasteiger partial charge is 0.228 e. The Morgan fingerprint density at radius 2 is 2.27 bits per heavy atom. The van der Waals surface area contributed by atoms with Gasteiger partial charge in [0.2, 0.25) is 11.8 Å². The summed E-state index contributed by atoms with van der Waals surface area (Å²) in [5, 5.41) is 19.5. The van der Waals surface area contributed by atoms with Gasteiger partial charge < -0.3 is 30.0 Å². The van der Waals surface area contributed by atoms with Crippen molar-refractivity contribution in [2.24, 2.45) is 0 Å². The third-order valence-electron chi connectivity index (χ3n) is 3.55. The van der Waals surface area contributed by atoms with E-state index in [1.54, 1.807) is 6.20 Å². The Hall–Kier alpha value is -1.24. The van der Waals surface area contributed by atoms with E-state index in [0.29, 0.717) is 11.0 Å². The Kier molecular flexibility index (Phi) is 4.09. The Bertz CT molecular complexity index is 712. The molecule has 0 amide bonds. The summed E-state index contributed by atoms with van der Waals surface area (Å²) in [6.07, 6.45) is -3.60. The Morgan fingerprint density at radius 3 is 2.86 bits per heavy atom. The lowest BCUT2D eigenvalue weighted by Crippen LogP contribution is -2.30. The van der Waals surface area contributed by atoms with Crippen LogP contribution in [0.4, 0.5) is 10.3 Å². The van der Waals surface area contributed by atoms with E-state index >= 15 is 0 Å². The number of ether oxygens (including phenoxy) is 2. The summed E-state index contributed by atoms with van der Waals surface area (Å²) < 4.78 is 27.0. The maximum Gasteiger partial charge on any atom is 0.228 e. The van der Waals surface area contributed by atoms with E-state index in [-0.39, 0.29) is 11.8 Å². The molecule has 0 bridgehead atoms. The van der Waals surface area contributed by atoms with Crippen molar-refractivity contribution in [1.82, 2.24) is 14.5 Å². The summed E-state index contributed by atoms with van der Waals surface area (Å²) in [7, 11) is 1.45. The molecule has 10 heteroatoms. The van der Waals surface area contributed by atoms with Crippen LogP contribution in [-0.4, -0.2) is 56.8 Å². The van der Waals surface area contributed by atoms with Gasteiger partial charge in [-0.1, -0.05) is 0 Å². The van der Waals surface area contributed by atoms with Crippen LogP contribution in [0.25, 0.3) is 11.0 Å². The predicted octanol–water partition coefficient (Wildman–Crippen LogP) is 0.215. The first-order chi connectivity index (χ1) is 10.5. The predicted molar refractivity (Wildman–Crippen MR) is 83.1 cm³/mol. The summed E-state index contributed by atoms with van der Waals surface area (Å²) >= 11 is 2.04. The van der Waals surface area contributed by atoms with Gasteiger partial charge in [-0.2, -0.15) is 9.97 Å². The average Bonchev–Trinajstić information content (AvgIpc) is 2.97. The van der Waals surface area contributed by atoms with Crippen LogP contribution < -0.4 is 10.5 Å². The molecule has 2 aromatic rings. The van der Waals surface area contributed by atoms with Gasteiger partial charge >= 0.3 is 0 Å². The number of hydrogen-bond donors (Lipinski definition) is 3. The minimum atomic E-state index is -1.70. The molecule has 4 atom stereocenters. The quantitative estimate of drug-likeness (QED) is 0.604. The third kappa shape index (κ3) is 2.30. The summed E-state index contributed by atoms with van der Waals surface area (Å²) in [4.78, 5) is 8.10. The second-order valence-corrected chi connectivity index (χ2v) is 6.02. The van der Waals surface area contributed by atoms with Gasteiger partial charge in [-0.25, -0.2) is 4.39 Å². The van der Waals surface area contributed by atoms with E-state index in [1.807, 2.05) is 22.6 Å². The first-order valence-corrected chi connectivity index (χ1v) is 7.51. The number of aliphatic hydroxyl groups is 2. The van der Waals surface area contributed by atoms with Gasteiger partial charge in [0.05, 0.1) is 19.1 Å². The van der Waals surface area contributed by atoms with Crippen molar-refractivity contribution in [2.45, 2.75) is 24.6 Å². The number of aliphatic hydroxyl groups excluding tert-OH is 2. The Labute approximate surface area is 138 Å². The number of aromatic nitrogens is 3. The molecule has 22 heavy (non-hydrogen) atoms. The second kappa shape index (κ2) is 5.76. The van der Waals surface area contributed by atoms with E-state index in [4.69, 9.17) is 20.3 Å². The largest absolute Gasteiger partial charge is 0.480 e. The molecule has 0 aliphatic carbocycles. The van der Waals surface area contributed by atoms with Crippen molar-refractivity contribution in [3.63, 3.8) is 0 Å². The SMILES string of the molecule is COc1nc(N)nc2c1c(I)cn2[C@@H]1O[C@H](CO)[C@@H](O)[C@@H]1F. The first-order valence-electron chi connectivity index (χ1n) is 6.44. The number of nitrogens with zero attached hydrogens (tertiary/aromatic N) is 3. The number of methoxy groups -OCH3 is 1. The molecule has 1 aliphatic rings. The number of alkyl halides is 1. The van der Waals surface area contributed by atoms with Crippen LogP contribution in [0.2, 0.25) is 0 Å². The number of nitrogen functional groups attached to an aromatic ring is 1. The molecule has 120 valence electrons. The summed E-state index contributed by atoms with van der Waals surface area (Å²) in [5.74, 6) is 0.256. The summed E-state index contributed by atoms with van der Waals surface area (Å²) in [6.45, 7) is -0.477. The molecule has 1 aliphatic heterocycles. The first kappa shape index (κ1) is 15.6. The van der Waals surface area contributed by atoms with Gasteiger partial charge in [-0.05, 0) is 22.6 Å².